The lowest BCUT2D eigenvalue weighted by Gasteiger charge is -2.39. The number of nitrogens with zero attached hydrogens (tertiary/aromatic N) is 3. The largest absolute Gasteiger partial charge is 0.338 e. The minimum Gasteiger partial charge on any atom is -0.338 e. The van der Waals surface area contributed by atoms with Gasteiger partial charge in [0.1, 0.15) is 0 Å². The third-order valence-corrected chi connectivity index (χ3v) is 4.57. The fourth-order valence-corrected chi connectivity index (χ4v) is 2.98. The number of likely N-dealkylation sites (N-methyl/N-ethyl adjacent to an activating group) is 1. The van der Waals surface area contributed by atoms with Gasteiger partial charge in [-0.2, -0.15) is 0 Å². The second-order valence-electron chi connectivity index (χ2n) is 6.65. The summed E-state index contributed by atoms with van der Waals surface area (Å²) in [6, 6.07) is 0.451. The van der Waals surface area contributed by atoms with Crippen LogP contribution in [0.4, 0.5) is 0 Å². The smallest absolute Gasteiger partial charge is 0.223 e. The molecule has 0 saturated carbocycles. The zero-order valence-corrected chi connectivity index (χ0v) is 13.3. The van der Waals surface area contributed by atoms with Crippen LogP contribution in [0.3, 0.4) is 0 Å². The van der Waals surface area contributed by atoms with Crippen LogP contribution in [0.25, 0.3) is 0 Å². The molecule has 5 nitrogen and oxygen atoms in total. The van der Waals surface area contributed by atoms with E-state index in [1.807, 2.05) is 0 Å². The summed E-state index contributed by atoms with van der Waals surface area (Å²) in [4.78, 5) is 19.3. The van der Waals surface area contributed by atoms with Gasteiger partial charge in [0, 0.05) is 25.6 Å². The minimum absolute atomic E-state index is 0.368. The van der Waals surface area contributed by atoms with Crippen LogP contribution in [0.1, 0.15) is 19.3 Å². The van der Waals surface area contributed by atoms with Gasteiger partial charge in [-0.05, 0) is 66.1 Å². The highest BCUT2D eigenvalue weighted by molar-refractivity contribution is 5.77. The van der Waals surface area contributed by atoms with Crippen molar-refractivity contribution < 1.29 is 4.79 Å². The first-order chi connectivity index (χ1) is 9.56. The van der Waals surface area contributed by atoms with Gasteiger partial charge >= 0.3 is 0 Å². The second-order valence-corrected chi connectivity index (χ2v) is 6.65. The van der Waals surface area contributed by atoms with Crippen molar-refractivity contribution in [1.29, 1.82) is 0 Å². The molecule has 1 N–H and O–H groups in total. The summed E-state index contributed by atoms with van der Waals surface area (Å²) in [6.45, 7) is 6.09. The van der Waals surface area contributed by atoms with Crippen LogP contribution in [0.2, 0.25) is 0 Å². The Bertz CT molecular complexity index is 309. The molecule has 2 aliphatic rings. The topological polar surface area (TPSA) is 38.8 Å². The molecule has 5 heteroatoms. The highest BCUT2D eigenvalue weighted by atomic mass is 16.2. The summed E-state index contributed by atoms with van der Waals surface area (Å²) < 4.78 is 0. The van der Waals surface area contributed by atoms with Gasteiger partial charge in [-0.25, -0.2) is 0 Å². The third kappa shape index (κ3) is 4.43. The fraction of sp³-hybridized carbons (Fsp3) is 0.933. The van der Waals surface area contributed by atoms with Crippen molar-refractivity contribution in [2.75, 3.05) is 60.4 Å². The van der Waals surface area contributed by atoms with Crippen molar-refractivity contribution in [3.8, 4) is 0 Å². The van der Waals surface area contributed by atoms with E-state index in [2.05, 4.69) is 41.2 Å². The van der Waals surface area contributed by atoms with Gasteiger partial charge in [-0.15, -0.1) is 0 Å². The predicted octanol–water partition coefficient (Wildman–Crippen LogP) is 0.0803. The number of hydrogen-bond acceptors (Lipinski definition) is 4. The minimum atomic E-state index is 0.368. The Morgan fingerprint density at radius 3 is 2.35 bits per heavy atom. The molecule has 116 valence electrons. The highest BCUT2D eigenvalue weighted by Gasteiger charge is 2.29. The van der Waals surface area contributed by atoms with E-state index >= 15 is 0 Å². The number of rotatable bonds is 6. The highest BCUT2D eigenvalue weighted by Crippen LogP contribution is 2.19. The van der Waals surface area contributed by atoms with Crippen molar-refractivity contribution in [2.45, 2.75) is 25.3 Å². The summed E-state index contributed by atoms with van der Waals surface area (Å²) in [5, 5.41) is 3.26. The van der Waals surface area contributed by atoms with Crippen molar-refractivity contribution in [3.05, 3.63) is 0 Å². The summed E-state index contributed by atoms with van der Waals surface area (Å²) in [5.74, 6) is 0.934. The van der Waals surface area contributed by atoms with Crippen molar-refractivity contribution in [2.24, 2.45) is 5.92 Å². The first-order valence-electron chi connectivity index (χ1n) is 7.89. The van der Waals surface area contributed by atoms with Crippen molar-refractivity contribution in [1.82, 2.24) is 20.0 Å². The van der Waals surface area contributed by atoms with Crippen LogP contribution >= 0.6 is 0 Å². The molecule has 2 fully saturated rings. The molecule has 0 spiro atoms. The number of carbonyl (C=O) groups excluding carboxylic acids is 1. The molecular weight excluding hydrogens is 252 g/mol. The lowest BCUT2D eigenvalue weighted by Crippen LogP contribution is -2.51. The van der Waals surface area contributed by atoms with Crippen LogP contribution in [0.5, 0.6) is 0 Å². The Labute approximate surface area is 123 Å². The van der Waals surface area contributed by atoms with E-state index < -0.39 is 0 Å². The first kappa shape index (κ1) is 15.7. The van der Waals surface area contributed by atoms with Gasteiger partial charge in [0.25, 0.3) is 0 Å². The molecule has 2 saturated heterocycles. The van der Waals surface area contributed by atoms with Crippen LogP contribution in [-0.2, 0) is 4.79 Å². The molecule has 0 aliphatic carbocycles. The maximum absolute atomic E-state index is 12.6. The summed E-state index contributed by atoms with van der Waals surface area (Å²) >= 11 is 0. The molecular formula is C15H30N4O. The lowest BCUT2D eigenvalue weighted by molar-refractivity contribution is -0.136. The number of amides is 1. The Kier molecular flexibility index (Phi) is 5.81. The average Bonchev–Trinajstić information content (AvgIpc) is 2.36. The predicted molar refractivity (Wildman–Crippen MR) is 81.8 cm³/mol. The van der Waals surface area contributed by atoms with E-state index in [1.165, 1.54) is 0 Å². The number of likely N-dealkylation sites (tertiary alicyclic amines) is 1. The molecule has 0 radical (unpaired) electrons. The molecule has 2 aliphatic heterocycles. The summed E-state index contributed by atoms with van der Waals surface area (Å²) in [5.41, 5.74) is 0. The van der Waals surface area contributed by atoms with Gasteiger partial charge in [0.05, 0.1) is 0 Å². The van der Waals surface area contributed by atoms with E-state index in [4.69, 9.17) is 0 Å². The van der Waals surface area contributed by atoms with Crippen LogP contribution in [0.15, 0.2) is 0 Å². The van der Waals surface area contributed by atoms with E-state index in [9.17, 15) is 4.79 Å². The van der Waals surface area contributed by atoms with E-state index in [1.54, 1.807) is 0 Å². The maximum Gasteiger partial charge on any atom is 0.223 e. The van der Waals surface area contributed by atoms with Gasteiger partial charge in [0.15, 0.2) is 0 Å². The van der Waals surface area contributed by atoms with Gasteiger partial charge in [-0.1, -0.05) is 0 Å². The second kappa shape index (κ2) is 7.38. The van der Waals surface area contributed by atoms with Crippen molar-refractivity contribution in [3.63, 3.8) is 0 Å². The molecule has 0 atom stereocenters. The first-order valence-corrected chi connectivity index (χ1v) is 7.89. The zero-order valence-electron chi connectivity index (χ0n) is 13.3. The molecule has 0 unspecified atom stereocenters. The lowest BCUT2D eigenvalue weighted by atomic mass is 9.96. The summed E-state index contributed by atoms with van der Waals surface area (Å²) in [7, 11) is 6.32. The number of nitrogens with one attached hydrogen (secondary N) is 1. The van der Waals surface area contributed by atoms with Crippen LogP contribution in [-0.4, -0.2) is 87.1 Å². The molecule has 0 aromatic heterocycles. The summed E-state index contributed by atoms with van der Waals surface area (Å²) in [6.07, 6.45) is 2.98. The number of carbonyl (C=O) groups is 1. The Morgan fingerprint density at radius 1 is 1.20 bits per heavy atom. The third-order valence-electron chi connectivity index (χ3n) is 4.57. The Morgan fingerprint density at radius 2 is 1.85 bits per heavy atom. The van der Waals surface area contributed by atoms with E-state index in [0.29, 0.717) is 17.9 Å². The van der Waals surface area contributed by atoms with Crippen molar-refractivity contribution >= 4 is 5.91 Å². The van der Waals surface area contributed by atoms with Gasteiger partial charge < -0.3 is 20.0 Å². The molecule has 1 amide bonds. The number of piperidine rings is 1. The van der Waals surface area contributed by atoms with E-state index in [-0.39, 0.29) is 0 Å². The Hall–Kier alpha value is -0.650. The molecule has 2 heterocycles. The fourth-order valence-electron chi connectivity index (χ4n) is 2.98. The zero-order chi connectivity index (χ0) is 14.5. The van der Waals surface area contributed by atoms with Crippen LogP contribution < -0.4 is 5.32 Å². The molecule has 20 heavy (non-hydrogen) atoms. The normalized spacial score (nSPS) is 22.0. The SMILES string of the molecule is CN(C)CCN(C(=O)CC1CNC1)C1CCN(C)CC1. The van der Waals surface area contributed by atoms with E-state index in [0.717, 1.165) is 58.5 Å². The quantitative estimate of drug-likeness (QED) is 0.749. The molecule has 0 aromatic rings. The number of hydrogen-bond donors (Lipinski definition) is 1. The maximum atomic E-state index is 12.6. The Balaban J connectivity index is 1.89. The van der Waals surface area contributed by atoms with Gasteiger partial charge in [-0.3, -0.25) is 4.79 Å². The molecule has 2 rings (SSSR count). The molecule has 0 aromatic carbocycles. The standard InChI is InChI=1S/C15H30N4O/c1-17(2)8-9-19(14-4-6-18(3)7-5-14)15(20)10-13-11-16-12-13/h13-14,16H,4-12H2,1-3H3. The van der Waals surface area contributed by atoms with Gasteiger partial charge in [0.2, 0.25) is 5.91 Å². The monoisotopic (exact) mass is 282 g/mol. The van der Waals surface area contributed by atoms with Crippen LogP contribution in [0, 0.1) is 5.92 Å². The average molecular weight is 282 g/mol. The molecule has 0 bridgehead atoms.